The van der Waals surface area contributed by atoms with Crippen LogP contribution in [0.3, 0.4) is 0 Å². The maximum Gasteiger partial charge on any atom is 0.410 e. The summed E-state index contributed by atoms with van der Waals surface area (Å²) in [5.41, 5.74) is 0.401. The summed E-state index contributed by atoms with van der Waals surface area (Å²) in [5, 5.41) is 8.98. The van der Waals surface area contributed by atoms with Crippen molar-refractivity contribution in [1.29, 1.82) is 0 Å². The van der Waals surface area contributed by atoms with Crippen molar-refractivity contribution in [3.63, 3.8) is 0 Å². The second kappa shape index (κ2) is 11.9. The summed E-state index contributed by atoms with van der Waals surface area (Å²) in [6.07, 6.45) is 4.50. The molecular formula is C23H38N2O7. The van der Waals surface area contributed by atoms with Gasteiger partial charge in [-0.15, -0.1) is 0 Å². The molecule has 0 aromatic heterocycles. The van der Waals surface area contributed by atoms with Crippen molar-refractivity contribution in [2.24, 2.45) is 0 Å². The summed E-state index contributed by atoms with van der Waals surface area (Å²) in [7, 11) is 1.33. The molecule has 182 valence electrons. The van der Waals surface area contributed by atoms with E-state index in [0.717, 1.165) is 12.0 Å². The van der Waals surface area contributed by atoms with Crippen LogP contribution in [0.4, 0.5) is 9.59 Å². The van der Waals surface area contributed by atoms with Crippen molar-refractivity contribution in [1.82, 2.24) is 9.80 Å². The summed E-state index contributed by atoms with van der Waals surface area (Å²) in [4.78, 5) is 37.9. The van der Waals surface area contributed by atoms with Crippen molar-refractivity contribution in [2.75, 3.05) is 39.9 Å². The lowest BCUT2D eigenvalue weighted by atomic mass is 10.1. The van der Waals surface area contributed by atoms with Gasteiger partial charge in [0.2, 0.25) is 0 Å². The van der Waals surface area contributed by atoms with E-state index in [2.05, 4.69) is 4.74 Å². The molecule has 2 amide bonds. The minimum atomic E-state index is -0.524. The first-order chi connectivity index (χ1) is 14.8. The molecule has 0 aromatic rings. The standard InChI is InChI=1S/C12H19NO4.C11H19NO3/c1-12(2,3)17-11(15)13-7-5-6-9(8-13)10(14)16-4;1-11(2,3)15-10(14)12-6-4-5-9(7-12)8-13/h6H,5,7-8H2,1-4H3;5,13H,4,6-8H2,1-3H3. The molecule has 0 radical (unpaired) electrons. The number of aliphatic hydroxyl groups excluding tert-OH is 1. The van der Waals surface area contributed by atoms with Crippen molar-refractivity contribution in [3.8, 4) is 0 Å². The third kappa shape index (κ3) is 10.2. The van der Waals surface area contributed by atoms with Gasteiger partial charge in [-0.05, 0) is 60.0 Å². The molecule has 9 nitrogen and oxygen atoms in total. The zero-order valence-electron chi connectivity index (χ0n) is 20.4. The minimum Gasteiger partial charge on any atom is -0.466 e. The topological polar surface area (TPSA) is 106 Å². The number of methoxy groups -OCH3 is 1. The molecule has 0 unspecified atom stereocenters. The maximum atomic E-state index is 11.8. The summed E-state index contributed by atoms with van der Waals surface area (Å²) in [6, 6.07) is 0. The van der Waals surface area contributed by atoms with Gasteiger partial charge < -0.3 is 29.1 Å². The Balaban J connectivity index is 0.000000323. The van der Waals surface area contributed by atoms with Crippen LogP contribution in [0.1, 0.15) is 54.4 Å². The molecule has 0 saturated carbocycles. The molecule has 0 aromatic carbocycles. The molecule has 9 heteroatoms. The largest absolute Gasteiger partial charge is 0.466 e. The average Bonchev–Trinajstić information content (AvgIpc) is 2.71. The maximum absolute atomic E-state index is 11.8. The van der Waals surface area contributed by atoms with Crippen LogP contribution in [0.2, 0.25) is 0 Å². The Morgan fingerprint density at radius 3 is 1.78 bits per heavy atom. The van der Waals surface area contributed by atoms with Gasteiger partial charge >= 0.3 is 18.2 Å². The molecule has 2 rings (SSSR count). The van der Waals surface area contributed by atoms with Gasteiger partial charge in [0.15, 0.2) is 0 Å². The van der Waals surface area contributed by atoms with Crippen LogP contribution in [0.25, 0.3) is 0 Å². The Hall–Kier alpha value is -2.55. The van der Waals surface area contributed by atoms with E-state index in [4.69, 9.17) is 14.6 Å². The summed E-state index contributed by atoms with van der Waals surface area (Å²) >= 11 is 0. The predicted octanol–water partition coefficient (Wildman–Crippen LogP) is 3.27. The molecule has 0 fully saturated rings. The number of ether oxygens (including phenoxy) is 3. The zero-order valence-corrected chi connectivity index (χ0v) is 20.4. The van der Waals surface area contributed by atoms with Crippen LogP contribution >= 0.6 is 0 Å². The van der Waals surface area contributed by atoms with E-state index in [1.54, 1.807) is 11.0 Å². The molecule has 0 spiro atoms. The van der Waals surface area contributed by atoms with Gasteiger partial charge in [-0.3, -0.25) is 0 Å². The van der Waals surface area contributed by atoms with Crippen molar-refractivity contribution in [2.45, 2.75) is 65.6 Å². The molecular weight excluding hydrogens is 416 g/mol. The van der Waals surface area contributed by atoms with Gasteiger partial charge in [-0.1, -0.05) is 12.2 Å². The fraction of sp³-hybridized carbons (Fsp3) is 0.696. The smallest absolute Gasteiger partial charge is 0.410 e. The van der Waals surface area contributed by atoms with Gasteiger partial charge in [-0.25, -0.2) is 14.4 Å². The van der Waals surface area contributed by atoms with E-state index in [1.807, 2.05) is 47.6 Å². The predicted molar refractivity (Wildman–Crippen MR) is 120 cm³/mol. The second-order valence-electron chi connectivity index (χ2n) is 9.62. The number of carbonyl (C=O) groups is 3. The van der Waals surface area contributed by atoms with E-state index >= 15 is 0 Å². The Labute approximate surface area is 191 Å². The summed E-state index contributed by atoms with van der Waals surface area (Å²) < 4.78 is 15.1. The number of aliphatic hydroxyl groups is 1. The van der Waals surface area contributed by atoms with Crippen LogP contribution in [-0.4, -0.2) is 84.2 Å². The van der Waals surface area contributed by atoms with Gasteiger partial charge in [0, 0.05) is 19.6 Å². The van der Waals surface area contributed by atoms with Crippen molar-refractivity contribution < 1.29 is 33.7 Å². The highest BCUT2D eigenvalue weighted by molar-refractivity contribution is 5.89. The van der Waals surface area contributed by atoms with E-state index in [0.29, 0.717) is 31.6 Å². The van der Waals surface area contributed by atoms with E-state index in [9.17, 15) is 14.4 Å². The molecule has 0 bridgehead atoms. The number of esters is 1. The van der Waals surface area contributed by atoms with Gasteiger partial charge in [-0.2, -0.15) is 0 Å². The van der Waals surface area contributed by atoms with Gasteiger partial charge in [0.05, 0.1) is 25.8 Å². The second-order valence-corrected chi connectivity index (χ2v) is 9.62. The first-order valence-electron chi connectivity index (χ1n) is 10.8. The van der Waals surface area contributed by atoms with Crippen LogP contribution < -0.4 is 0 Å². The number of amides is 2. The van der Waals surface area contributed by atoms with E-state index in [1.165, 1.54) is 12.0 Å². The Kier molecular flexibility index (Phi) is 10.2. The molecule has 2 aliphatic heterocycles. The third-order valence-corrected chi connectivity index (χ3v) is 4.33. The van der Waals surface area contributed by atoms with E-state index in [-0.39, 0.29) is 19.2 Å². The lowest BCUT2D eigenvalue weighted by molar-refractivity contribution is -0.136. The molecule has 0 saturated heterocycles. The first kappa shape index (κ1) is 27.5. The van der Waals surface area contributed by atoms with Crippen LogP contribution in [0.15, 0.2) is 23.3 Å². The highest BCUT2D eigenvalue weighted by atomic mass is 16.6. The molecule has 1 N–H and O–H groups in total. The fourth-order valence-corrected chi connectivity index (χ4v) is 2.92. The van der Waals surface area contributed by atoms with E-state index < -0.39 is 23.3 Å². The normalized spacial score (nSPS) is 16.8. The molecule has 2 aliphatic rings. The minimum absolute atomic E-state index is 0.0132. The zero-order chi connectivity index (χ0) is 24.5. The highest BCUT2D eigenvalue weighted by Gasteiger charge is 2.26. The lowest BCUT2D eigenvalue weighted by Crippen LogP contribution is -2.41. The van der Waals surface area contributed by atoms with Crippen LogP contribution in [0, 0.1) is 0 Å². The molecule has 32 heavy (non-hydrogen) atoms. The number of carbonyl (C=O) groups excluding carboxylic acids is 3. The number of rotatable bonds is 2. The number of nitrogens with zero attached hydrogens (tertiary/aromatic N) is 2. The van der Waals surface area contributed by atoms with Crippen molar-refractivity contribution >= 4 is 18.2 Å². The van der Waals surface area contributed by atoms with Crippen molar-refractivity contribution in [3.05, 3.63) is 23.3 Å². The Morgan fingerprint density at radius 1 is 0.875 bits per heavy atom. The molecule has 2 heterocycles. The number of hydrogen-bond acceptors (Lipinski definition) is 7. The lowest BCUT2D eigenvalue weighted by Gasteiger charge is -2.29. The van der Waals surface area contributed by atoms with Crippen LogP contribution in [-0.2, 0) is 19.0 Å². The summed E-state index contributed by atoms with van der Waals surface area (Å²) in [6.45, 7) is 12.9. The monoisotopic (exact) mass is 454 g/mol. The first-order valence-corrected chi connectivity index (χ1v) is 10.8. The summed E-state index contributed by atoms with van der Waals surface area (Å²) in [5.74, 6) is -0.391. The fourth-order valence-electron chi connectivity index (χ4n) is 2.92. The van der Waals surface area contributed by atoms with Gasteiger partial charge in [0.1, 0.15) is 11.2 Å². The Morgan fingerprint density at radius 2 is 1.34 bits per heavy atom. The van der Waals surface area contributed by atoms with Crippen LogP contribution in [0.5, 0.6) is 0 Å². The highest BCUT2D eigenvalue weighted by Crippen LogP contribution is 2.16. The number of hydrogen-bond donors (Lipinski definition) is 1. The average molecular weight is 455 g/mol. The quantitative estimate of drug-likeness (QED) is 0.388. The molecule has 0 aliphatic carbocycles. The molecule has 0 atom stereocenters. The SMILES string of the molecule is CC(C)(C)OC(=O)N1CCC=C(CO)C1.COC(=O)C1=CCCN(C(=O)OC(C)(C)C)C1. The third-order valence-electron chi connectivity index (χ3n) is 4.33. The van der Waals surface area contributed by atoms with Gasteiger partial charge in [0.25, 0.3) is 0 Å². The Bertz CT molecular complexity index is 730.